The van der Waals surface area contributed by atoms with E-state index in [1.54, 1.807) is 0 Å². The molecule has 6 rings (SSSR count). The molecule has 3 heterocycles. The number of rotatable bonds is 8. The van der Waals surface area contributed by atoms with Gasteiger partial charge in [-0.25, -0.2) is 0 Å². The summed E-state index contributed by atoms with van der Waals surface area (Å²) in [5, 5.41) is 3.62. The molecule has 0 saturated carbocycles. The van der Waals surface area contributed by atoms with Crippen molar-refractivity contribution in [2.24, 2.45) is 7.05 Å². The number of allylic oxidation sites excluding steroid dienone is 3. The van der Waals surface area contributed by atoms with E-state index < -0.39 is 0 Å². The van der Waals surface area contributed by atoms with Gasteiger partial charge >= 0.3 is 0 Å². The second kappa shape index (κ2) is 11.4. The van der Waals surface area contributed by atoms with Gasteiger partial charge in [-0.15, -0.1) is 0 Å². The first-order chi connectivity index (χ1) is 21.4. The molecule has 0 radical (unpaired) electrons. The van der Waals surface area contributed by atoms with E-state index in [1.807, 2.05) is 32.1 Å². The van der Waals surface area contributed by atoms with E-state index in [-0.39, 0.29) is 0 Å². The molecule has 44 heavy (non-hydrogen) atoms. The van der Waals surface area contributed by atoms with Gasteiger partial charge in [0.05, 0.1) is 22.6 Å². The Morgan fingerprint density at radius 1 is 0.523 bits per heavy atom. The van der Waals surface area contributed by atoms with E-state index >= 15 is 0 Å². The monoisotopic (exact) mass is 573 g/mol. The fourth-order valence-corrected chi connectivity index (χ4v) is 6.75. The Hall–Kier alpha value is -5.28. The van der Waals surface area contributed by atoms with Crippen LogP contribution >= 0.6 is 0 Å². The van der Waals surface area contributed by atoms with Crippen LogP contribution in [0.1, 0.15) is 60.1 Å². The maximum atomic E-state index is 4.22. The van der Waals surface area contributed by atoms with E-state index in [1.165, 1.54) is 43.8 Å². The molecule has 0 bridgehead atoms. The Morgan fingerprint density at radius 2 is 1.00 bits per heavy atom. The van der Waals surface area contributed by atoms with Gasteiger partial charge in [0.1, 0.15) is 0 Å². The van der Waals surface area contributed by atoms with Crippen LogP contribution in [0.4, 0.5) is 0 Å². The van der Waals surface area contributed by atoms with Gasteiger partial charge in [-0.2, -0.15) is 0 Å². The molecule has 6 aromatic rings. The number of fused-ring (bicyclic) bond motifs is 4. The number of aryl methyl sites for hydroxylation is 2. The Labute approximate surface area is 260 Å². The van der Waals surface area contributed by atoms with Crippen molar-refractivity contribution in [1.82, 2.24) is 13.7 Å². The minimum Gasteiger partial charge on any atom is -0.344 e. The van der Waals surface area contributed by atoms with Crippen LogP contribution < -0.4 is 0 Å². The second-order valence-electron chi connectivity index (χ2n) is 11.2. The lowest BCUT2D eigenvalue weighted by Crippen LogP contribution is -1.99. The fourth-order valence-electron chi connectivity index (χ4n) is 6.75. The number of nitrogens with zero attached hydrogens (tertiary/aromatic N) is 3. The Balaban J connectivity index is 1.66. The van der Waals surface area contributed by atoms with Crippen LogP contribution in [-0.2, 0) is 7.05 Å². The minimum absolute atomic E-state index is 1.05. The number of aromatic nitrogens is 3. The molecule has 0 amide bonds. The molecule has 0 spiro atoms. The highest BCUT2D eigenvalue weighted by atomic mass is 15.0. The highest BCUT2D eigenvalue weighted by Crippen LogP contribution is 2.38. The average molecular weight is 574 g/mol. The molecule has 0 atom stereocenters. The van der Waals surface area contributed by atoms with Gasteiger partial charge in [0.2, 0.25) is 0 Å². The number of hydrogen-bond acceptors (Lipinski definition) is 0. The third-order valence-corrected chi connectivity index (χ3v) is 8.59. The lowest BCUT2D eigenvalue weighted by Gasteiger charge is -2.12. The van der Waals surface area contributed by atoms with Crippen LogP contribution in [-0.4, -0.2) is 13.7 Å². The molecular formula is C41H39N3. The van der Waals surface area contributed by atoms with Crippen molar-refractivity contribution >= 4 is 69.2 Å². The Kier molecular flexibility index (Phi) is 7.48. The first-order valence-electron chi connectivity index (χ1n) is 15.1. The van der Waals surface area contributed by atoms with Crippen LogP contribution in [0.25, 0.3) is 80.5 Å². The first-order valence-corrected chi connectivity index (χ1v) is 15.1. The van der Waals surface area contributed by atoms with Crippen LogP contribution in [0.15, 0.2) is 92.6 Å². The summed E-state index contributed by atoms with van der Waals surface area (Å²) in [5.74, 6) is 0. The van der Waals surface area contributed by atoms with Gasteiger partial charge in [-0.05, 0) is 94.0 Å². The summed E-state index contributed by atoms with van der Waals surface area (Å²) in [4.78, 5) is 0. The first kappa shape index (κ1) is 28.8. The van der Waals surface area contributed by atoms with E-state index in [2.05, 4.69) is 145 Å². The van der Waals surface area contributed by atoms with E-state index in [9.17, 15) is 0 Å². The maximum absolute atomic E-state index is 4.22. The smallest absolute Gasteiger partial charge is 0.0543 e. The number of hydrogen-bond donors (Lipinski definition) is 0. The standard InChI is InChI=1S/C41H39N3/c1-9-15-30-31(16-10-2)37(13-5)43(36(30)12-4)28-19-22-39-34(25-28)35-26-29(20-23-40(35)42(39)8)44-38(14-6)32(17-11-3)33-21-18-27(7)24-41(33)44/h9-26H,4-6H2,1-3,7-8H3/b15-9-,16-10-,17-11-. The largest absolute Gasteiger partial charge is 0.344 e. The molecule has 0 aliphatic rings. The predicted octanol–water partition coefficient (Wildman–Crippen LogP) is 11.4. The van der Waals surface area contributed by atoms with E-state index in [0.717, 1.165) is 39.6 Å². The molecule has 0 unspecified atom stereocenters. The Morgan fingerprint density at radius 3 is 1.50 bits per heavy atom. The Bertz CT molecular complexity index is 2170. The second-order valence-corrected chi connectivity index (χ2v) is 11.2. The summed E-state index contributed by atoms with van der Waals surface area (Å²) >= 11 is 0. The highest BCUT2D eigenvalue weighted by molar-refractivity contribution is 6.10. The quantitative estimate of drug-likeness (QED) is 0.172. The summed E-state index contributed by atoms with van der Waals surface area (Å²) < 4.78 is 6.90. The average Bonchev–Trinajstić information content (AvgIpc) is 3.61. The van der Waals surface area contributed by atoms with E-state index in [4.69, 9.17) is 0 Å². The zero-order valence-corrected chi connectivity index (χ0v) is 26.4. The zero-order chi connectivity index (χ0) is 31.1. The zero-order valence-electron chi connectivity index (χ0n) is 26.4. The third-order valence-electron chi connectivity index (χ3n) is 8.59. The van der Waals surface area contributed by atoms with Gasteiger partial charge in [0.15, 0.2) is 0 Å². The van der Waals surface area contributed by atoms with Gasteiger partial charge in [0, 0.05) is 62.3 Å². The molecule has 3 aromatic carbocycles. The van der Waals surface area contributed by atoms with E-state index in [0.29, 0.717) is 0 Å². The third kappa shape index (κ3) is 4.27. The molecular weight excluding hydrogens is 534 g/mol. The van der Waals surface area contributed by atoms with Crippen molar-refractivity contribution in [3.8, 4) is 11.4 Å². The topological polar surface area (TPSA) is 14.8 Å². The molecule has 3 nitrogen and oxygen atoms in total. The van der Waals surface area contributed by atoms with Gasteiger partial charge in [0.25, 0.3) is 0 Å². The van der Waals surface area contributed by atoms with Crippen molar-refractivity contribution in [1.29, 1.82) is 0 Å². The molecule has 0 aliphatic carbocycles. The van der Waals surface area contributed by atoms with Crippen molar-refractivity contribution < 1.29 is 0 Å². The molecule has 0 N–H and O–H groups in total. The van der Waals surface area contributed by atoms with Gasteiger partial charge in [-0.1, -0.05) is 68.3 Å². The fraction of sp³-hybridized carbons (Fsp3) is 0.122. The molecule has 218 valence electrons. The lowest BCUT2D eigenvalue weighted by molar-refractivity contribution is 1.01. The van der Waals surface area contributed by atoms with Crippen molar-refractivity contribution in [2.45, 2.75) is 27.7 Å². The summed E-state index contributed by atoms with van der Waals surface area (Å²) in [7, 11) is 2.14. The summed E-state index contributed by atoms with van der Waals surface area (Å²) in [6.45, 7) is 20.9. The highest BCUT2D eigenvalue weighted by Gasteiger charge is 2.20. The molecule has 0 saturated heterocycles. The molecule has 0 aliphatic heterocycles. The summed E-state index contributed by atoms with van der Waals surface area (Å²) in [6.07, 6.45) is 18.6. The van der Waals surface area contributed by atoms with Crippen LogP contribution in [0.2, 0.25) is 0 Å². The molecule has 0 fully saturated rings. The van der Waals surface area contributed by atoms with Crippen LogP contribution in [0.5, 0.6) is 0 Å². The minimum atomic E-state index is 1.05. The number of benzene rings is 3. The normalized spacial score (nSPS) is 12.2. The predicted molar refractivity (Wildman–Crippen MR) is 196 cm³/mol. The lowest BCUT2D eigenvalue weighted by atomic mass is 10.1. The maximum Gasteiger partial charge on any atom is 0.0543 e. The van der Waals surface area contributed by atoms with Gasteiger partial charge < -0.3 is 13.7 Å². The summed E-state index contributed by atoms with van der Waals surface area (Å²) in [5.41, 5.74) is 13.6. The van der Waals surface area contributed by atoms with Crippen LogP contribution in [0.3, 0.4) is 0 Å². The SMILES string of the molecule is C=Cc1c(/C=C\C)c(/C=C\C)c(C=C)n1-c1ccc2c(c1)c1cc(-n3c(C=C)c(/C=C\C)c4ccc(C)cc43)ccc1n2C. The molecule has 3 heteroatoms. The van der Waals surface area contributed by atoms with Crippen molar-refractivity contribution in [3.05, 3.63) is 132 Å². The molecule has 3 aromatic heterocycles. The van der Waals surface area contributed by atoms with Crippen LogP contribution in [0, 0.1) is 6.92 Å². The van der Waals surface area contributed by atoms with Gasteiger partial charge in [-0.3, -0.25) is 0 Å². The summed E-state index contributed by atoms with van der Waals surface area (Å²) in [6, 6.07) is 20.2. The van der Waals surface area contributed by atoms with Crippen molar-refractivity contribution in [2.75, 3.05) is 0 Å². The van der Waals surface area contributed by atoms with Crippen molar-refractivity contribution in [3.63, 3.8) is 0 Å².